The fraction of sp³-hybridized carbons (Fsp3) is 0.296. The van der Waals surface area contributed by atoms with E-state index >= 15 is 0 Å². The van der Waals surface area contributed by atoms with Crippen molar-refractivity contribution in [3.05, 3.63) is 94.7 Å². The molecule has 4 heterocycles. The minimum absolute atomic E-state index is 0.327. The predicted molar refractivity (Wildman–Crippen MR) is 133 cm³/mol. The van der Waals surface area contributed by atoms with Crippen LogP contribution in [-0.4, -0.2) is 39.9 Å². The molecule has 2 aliphatic rings. The molecule has 3 atom stereocenters. The highest BCUT2D eigenvalue weighted by Gasteiger charge is 2.42. The fourth-order valence-corrected chi connectivity index (χ4v) is 5.61. The van der Waals surface area contributed by atoms with Gasteiger partial charge < -0.3 is 9.72 Å². The summed E-state index contributed by atoms with van der Waals surface area (Å²) in [4.78, 5) is 7.51. The lowest BCUT2D eigenvalue weighted by molar-refractivity contribution is 0.289. The zero-order valence-electron chi connectivity index (χ0n) is 18.9. The molecule has 4 nitrogen and oxygen atoms in total. The fourth-order valence-electron chi connectivity index (χ4n) is 5.34. The van der Waals surface area contributed by atoms with E-state index in [4.69, 9.17) is 4.98 Å². The van der Waals surface area contributed by atoms with Crippen LogP contribution in [0.25, 0.3) is 16.9 Å². The molecule has 4 aromatic rings. The monoisotopic (exact) mass is 487 g/mol. The van der Waals surface area contributed by atoms with Crippen LogP contribution in [-0.2, 0) is 13.0 Å². The maximum atomic E-state index is 9.25. The number of halogens is 1. The summed E-state index contributed by atoms with van der Waals surface area (Å²) in [6, 6.07) is 24.5. The van der Waals surface area contributed by atoms with Crippen LogP contribution < -0.4 is 5.32 Å². The second-order valence-corrected chi connectivity index (χ2v) is 9.89. The van der Waals surface area contributed by atoms with Crippen molar-refractivity contribution in [2.24, 2.45) is 11.8 Å². The number of pyridine rings is 1. The lowest BCUT2D eigenvalue weighted by atomic mass is 9.90. The molecular weight excluding hydrogens is 460 g/mol. The third-order valence-corrected chi connectivity index (χ3v) is 7.44. The standard InChI is InChI=1S/C27H27BrN4/c28-22-11-9-20(10-12-22)27-25(32-13-5-4-8-26(32)30-27)18-31-16-21-15-29-24(23(21)17-31)14-19-6-2-1-3-7-19/h1-13,21,23-24,29H,14-18H2/i24D. The maximum absolute atomic E-state index is 9.25. The highest BCUT2D eigenvalue weighted by atomic mass is 79.9. The number of hydrogen-bond acceptors (Lipinski definition) is 3. The Bertz CT molecular complexity index is 1270. The first kappa shape index (κ1) is 19.0. The summed E-state index contributed by atoms with van der Waals surface area (Å²) in [5.41, 5.74) is 5.62. The number of nitrogens with one attached hydrogen (secondary N) is 1. The van der Waals surface area contributed by atoms with Crippen LogP contribution in [0, 0.1) is 11.8 Å². The number of aromatic nitrogens is 2. The Morgan fingerprint density at radius 3 is 2.66 bits per heavy atom. The van der Waals surface area contributed by atoms with E-state index in [2.05, 4.69) is 97.4 Å². The van der Waals surface area contributed by atoms with Crippen LogP contribution >= 0.6 is 15.9 Å². The molecule has 2 aromatic heterocycles. The summed E-state index contributed by atoms with van der Waals surface area (Å²) in [7, 11) is 0. The van der Waals surface area contributed by atoms with Crippen molar-refractivity contribution >= 4 is 21.6 Å². The molecule has 0 aliphatic carbocycles. The Balaban J connectivity index is 1.28. The van der Waals surface area contributed by atoms with Crippen molar-refractivity contribution in [3.8, 4) is 11.3 Å². The van der Waals surface area contributed by atoms with E-state index in [-0.39, 0.29) is 0 Å². The van der Waals surface area contributed by atoms with Crippen molar-refractivity contribution in [2.75, 3.05) is 19.6 Å². The van der Waals surface area contributed by atoms with Crippen molar-refractivity contribution in [1.82, 2.24) is 19.6 Å². The van der Waals surface area contributed by atoms with Gasteiger partial charge >= 0.3 is 0 Å². The Kier molecular flexibility index (Phi) is 5.04. The average Bonchev–Trinajstić information content (AvgIpc) is 3.49. The molecule has 6 rings (SSSR count). The van der Waals surface area contributed by atoms with Gasteiger partial charge in [-0.3, -0.25) is 4.90 Å². The van der Waals surface area contributed by atoms with Crippen LogP contribution in [0.3, 0.4) is 0 Å². The van der Waals surface area contributed by atoms with E-state index in [9.17, 15) is 1.37 Å². The van der Waals surface area contributed by atoms with E-state index < -0.39 is 6.02 Å². The topological polar surface area (TPSA) is 32.6 Å². The first-order valence-electron chi connectivity index (χ1n) is 11.8. The molecule has 2 fully saturated rings. The Morgan fingerprint density at radius 1 is 1.00 bits per heavy atom. The molecular formula is C27H27BrN4. The number of rotatable bonds is 5. The molecule has 0 amide bonds. The van der Waals surface area contributed by atoms with Gasteiger partial charge in [-0.25, -0.2) is 4.98 Å². The number of benzene rings is 2. The highest BCUT2D eigenvalue weighted by molar-refractivity contribution is 9.10. The van der Waals surface area contributed by atoms with Gasteiger partial charge in [0.05, 0.1) is 11.4 Å². The smallest absolute Gasteiger partial charge is 0.137 e. The number of likely N-dealkylation sites (tertiary alicyclic amines) is 1. The third-order valence-electron chi connectivity index (χ3n) is 6.91. The summed E-state index contributed by atoms with van der Waals surface area (Å²) in [6.07, 6.45) is 2.87. The molecule has 2 aliphatic heterocycles. The number of fused-ring (bicyclic) bond motifs is 2. The molecule has 1 N–H and O–H groups in total. The Morgan fingerprint density at radius 2 is 1.81 bits per heavy atom. The van der Waals surface area contributed by atoms with E-state index in [1.54, 1.807) is 0 Å². The maximum Gasteiger partial charge on any atom is 0.137 e. The largest absolute Gasteiger partial charge is 0.313 e. The normalized spacial score (nSPS) is 25.8. The second-order valence-electron chi connectivity index (χ2n) is 8.97. The molecule has 2 aromatic carbocycles. The summed E-state index contributed by atoms with van der Waals surface area (Å²) in [5, 5.41) is 3.55. The van der Waals surface area contributed by atoms with Crippen molar-refractivity contribution in [2.45, 2.75) is 19.0 Å². The molecule has 0 saturated carbocycles. The van der Waals surface area contributed by atoms with Gasteiger partial charge in [0.1, 0.15) is 5.65 Å². The van der Waals surface area contributed by atoms with Gasteiger partial charge in [0, 0.05) is 43.3 Å². The molecule has 2 saturated heterocycles. The molecule has 0 bridgehead atoms. The van der Waals surface area contributed by atoms with E-state index in [1.807, 2.05) is 12.1 Å². The van der Waals surface area contributed by atoms with Crippen LogP contribution in [0.1, 0.15) is 12.6 Å². The Hall–Kier alpha value is -2.47. The zero-order chi connectivity index (χ0) is 22.4. The minimum Gasteiger partial charge on any atom is -0.313 e. The van der Waals surface area contributed by atoms with Gasteiger partial charge in [-0.05, 0) is 54.6 Å². The van der Waals surface area contributed by atoms with E-state index in [0.29, 0.717) is 11.8 Å². The molecule has 5 heteroatoms. The van der Waals surface area contributed by atoms with Crippen LogP contribution in [0.5, 0.6) is 0 Å². The first-order chi connectivity index (χ1) is 16.1. The third kappa shape index (κ3) is 3.79. The van der Waals surface area contributed by atoms with Crippen LogP contribution in [0.4, 0.5) is 0 Å². The van der Waals surface area contributed by atoms with E-state index in [1.165, 1.54) is 11.3 Å². The van der Waals surface area contributed by atoms with Gasteiger partial charge in [-0.1, -0.05) is 64.5 Å². The Labute approximate surface area is 198 Å². The van der Waals surface area contributed by atoms with E-state index in [0.717, 1.165) is 54.0 Å². The lowest BCUT2D eigenvalue weighted by Gasteiger charge is -2.21. The quantitative estimate of drug-likeness (QED) is 0.428. The van der Waals surface area contributed by atoms with Crippen molar-refractivity contribution < 1.29 is 1.37 Å². The van der Waals surface area contributed by atoms with Crippen molar-refractivity contribution in [3.63, 3.8) is 0 Å². The molecule has 0 radical (unpaired) electrons. The lowest BCUT2D eigenvalue weighted by Crippen LogP contribution is -2.34. The summed E-state index contributed by atoms with van der Waals surface area (Å²) in [6.45, 7) is 3.72. The van der Waals surface area contributed by atoms with Gasteiger partial charge in [0.15, 0.2) is 0 Å². The predicted octanol–water partition coefficient (Wildman–Crippen LogP) is 5.03. The molecule has 3 unspecified atom stereocenters. The summed E-state index contributed by atoms with van der Waals surface area (Å²) >= 11 is 3.55. The molecule has 162 valence electrons. The van der Waals surface area contributed by atoms with Gasteiger partial charge in [0.2, 0.25) is 0 Å². The van der Waals surface area contributed by atoms with Gasteiger partial charge in [0.25, 0.3) is 0 Å². The first-order valence-corrected chi connectivity index (χ1v) is 12.1. The molecule has 0 spiro atoms. The SMILES string of the molecule is [2H]C1(Cc2ccccc2)NCC2CN(Cc3c(-c4ccc(Br)cc4)nc4ccccn34)CC21. The minimum atomic E-state index is -0.602. The highest BCUT2D eigenvalue weighted by Crippen LogP contribution is 2.34. The number of imidazole rings is 1. The van der Waals surface area contributed by atoms with Crippen molar-refractivity contribution in [1.29, 1.82) is 0 Å². The van der Waals surface area contributed by atoms with Crippen LogP contribution in [0.2, 0.25) is 0 Å². The molecule has 32 heavy (non-hydrogen) atoms. The summed E-state index contributed by atoms with van der Waals surface area (Å²) in [5.74, 6) is 0.842. The number of hydrogen-bond donors (Lipinski definition) is 1. The van der Waals surface area contributed by atoms with Gasteiger partial charge in [-0.15, -0.1) is 0 Å². The second kappa shape index (κ2) is 8.47. The van der Waals surface area contributed by atoms with Crippen LogP contribution in [0.15, 0.2) is 83.5 Å². The zero-order valence-corrected chi connectivity index (χ0v) is 19.5. The average molecular weight is 488 g/mol. The van der Waals surface area contributed by atoms with Gasteiger partial charge in [-0.2, -0.15) is 0 Å². The summed E-state index contributed by atoms with van der Waals surface area (Å²) < 4.78 is 12.5. The number of nitrogens with zero attached hydrogens (tertiary/aromatic N) is 3.